The van der Waals surface area contributed by atoms with Crippen molar-refractivity contribution < 1.29 is 35.8 Å². The molecule has 180 valence electrons. The van der Waals surface area contributed by atoms with E-state index in [0.29, 0.717) is 5.56 Å². The van der Waals surface area contributed by atoms with Crippen LogP contribution in [-0.2, 0) is 10.0 Å². The second kappa shape index (κ2) is 8.88. The molecule has 0 saturated heterocycles. The molecule has 0 bridgehead atoms. The van der Waals surface area contributed by atoms with Gasteiger partial charge >= 0.3 is 15.5 Å². The van der Waals surface area contributed by atoms with Gasteiger partial charge in [-0.15, -0.1) is 0 Å². The maximum atomic E-state index is 13.9. The van der Waals surface area contributed by atoms with Crippen LogP contribution in [0.2, 0.25) is 0 Å². The molecule has 3 aromatic rings. The van der Waals surface area contributed by atoms with Crippen LogP contribution in [0, 0.1) is 11.7 Å². The van der Waals surface area contributed by atoms with Crippen molar-refractivity contribution in [2.45, 2.75) is 24.5 Å². The smallest absolute Gasteiger partial charge is 0.493 e. The van der Waals surface area contributed by atoms with Gasteiger partial charge in [0.15, 0.2) is 0 Å². The van der Waals surface area contributed by atoms with Crippen molar-refractivity contribution in [2.75, 3.05) is 11.3 Å². The van der Waals surface area contributed by atoms with Crippen molar-refractivity contribution >= 4 is 15.7 Å². The molecule has 1 aliphatic heterocycles. The number of alkyl halides is 3. The first kappa shape index (κ1) is 24.0. The number of hydrogen-bond donors (Lipinski definition) is 2. The molecule has 3 atom stereocenters. The van der Waals surface area contributed by atoms with Crippen LogP contribution in [0.25, 0.3) is 11.1 Å². The lowest BCUT2D eigenvalue weighted by molar-refractivity contribution is -0.0429. The number of rotatable bonds is 5. The van der Waals surface area contributed by atoms with Gasteiger partial charge in [0.05, 0.1) is 18.4 Å². The summed E-state index contributed by atoms with van der Waals surface area (Å²) in [6.45, 7) is 2.07. The summed E-state index contributed by atoms with van der Waals surface area (Å²) in [7, 11) is -5.71. The fraction of sp³-hybridized carbons (Fsp3) is 0.261. The van der Waals surface area contributed by atoms with Crippen LogP contribution in [0.15, 0.2) is 60.8 Å². The Morgan fingerprint density at radius 3 is 2.59 bits per heavy atom. The molecular weight excluding hydrogens is 476 g/mol. The van der Waals surface area contributed by atoms with E-state index in [4.69, 9.17) is 4.74 Å². The number of fused-ring (bicyclic) bond motifs is 1. The molecule has 0 fully saturated rings. The molecule has 6 nitrogen and oxygen atoms in total. The molecule has 34 heavy (non-hydrogen) atoms. The highest BCUT2D eigenvalue weighted by atomic mass is 32.2. The fourth-order valence-corrected chi connectivity index (χ4v) is 4.49. The Kier molecular flexibility index (Phi) is 6.26. The first-order valence-electron chi connectivity index (χ1n) is 10.2. The lowest BCUT2D eigenvalue weighted by Crippen LogP contribution is -2.30. The normalized spacial score (nSPS) is 19.1. The van der Waals surface area contributed by atoms with Crippen LogP contribution in [0.3, 0.4) is 0 Å². The molecule has 0 spiro atoms. The van der Waals surface area contributed by atoms with Gasteiger partial charge < -0.3 is 9.84 Å². The first-order valence-corrected chi connectivity index (χ1v) is 11.7. The Balaban J connectivity index is 1.67. The number of sulfonamides is 1. The number of ether oxygens (including phenoxy) is 1. The molecular formula is C23H20F4N2O4S. The maximum absolute atomic E-state index is 13.9. The Labute approximate surface area is 193 Å². The summed E-state index contributed by atoms with van der Waals surface area (Å²) in [5, 5.41) is 11.0. The average Bonchev–Trinajstić information content (AvgIpc) is 2.79. The molecule has 11 heteroatoms. The molecule has 4 rings (SSSR count). The first-order chi connectivity index (χ1) is 16.0. The number of nitrogens with zero attached hydrogens (tertiary/aromatic N) is 1. The zero-order chi connectivity index (χ0) is 24.7. The van der Waals surface area contributed by atoms with Crippen molar-refractivity contribution in [1.29, 1.82) is 0 Å². The van der Waals surface area contributed by atoms with E-state index in [0.717, 1.165) is 23.9 Å². The number of aromatic nitrogens is 1. The number of benzene rings is 2. The van der Waals surface area contributed by atoms with E-state index in [9.17, 15) is 31.1 Å². The topological polar surface area (TPSA) is 88.5 Å². The van der Waals surface area contributed by atoms with Crippen molar-refractivity contribution in [3.63, 3.8) is 0 Å². The Morgan fingerprint density at radius 2 is 1.91 bits per heavy atom. The lowest BCUT2D eigenvalue weighted by atomic mass is 9.82. The summed E-state index contributed by atoms with van der Waals surface area (Å²) >= 11 is 0. The minimum absolute atomic E-state index is 0.113. The third-order valence-corrected chi connectivity index (χ3v) is 6.91. The van der Waals surface area contributed by atoms with Crippen LogP contribution in [0.5, 0.6) is 5.75 Å². The van der Waals surface area contributed by atoms with Crippen LogP contribution < -0.4 is 9.46 Å². The van der Waals surface area contributed by atoms with Gasteiger partial charge in [-0.25, -0.2) is 4.39 Å². The predicted molar refractivity (Wildman–Crippen MR) is 117 cm³/mol. The number of nitrogens with one attached hydrogen (secondary N) is 1. The van der Waals surface area contributed by atoms with Crippen molar-refractivity contribution in [2.24, 2.45) is 5.92 Å². The lowest BCUT2D eigenvalue weighted by Gasteiger charge is -2.34. The Morgan fingerprint density at radius 1 is 1.15 bits per heavy atom. The summed E-state index contributed by atoms with van der Waals surface area (Å²) in [5.74, 6) is -0.941. The maximum Gasteiger partial charge on any atom is 0.516 e. The second-order valence-electron chi connectivity index (χ2n) is 7.96. The van der Waals surface area contributed by atoms with E-state index in [1.807, 2.05) is 19.1 Å². The molecule has 2 unspecified atom stereocenters. The highest BCUT2D eigenvalue weighted by Crippen LogP contribution is 2.44. The fourth-order valence-electron chi connectivity index (χ4n) is 3.91. The van der Waals surface area contributed by atoms with E-state index in [2.05, 4.69) is 4.98 Å². The molecule has 0 aliphatic carbocycles. The van der Waals surface area contributed by atoms with E-state index >= 15 is 0 Å². The third kappa shape index (κ3) is 4.58. The standard InChI is InChI=1S/C23H20F4N2O4S/c1-13(19-4-2-3-9-28-19)18-12-33-21-10-14(5-7-16(21)22(18)30)17-11-15(24)6-8-20(17)29-34(31,32)23(25,26)27/h2-11,13,18,22,29-30H,12H2,1H3/t13?,18?,22-/m1/s1. The Bertz CT molecular complexity index is 1300. The second-order valence-corrected chi connectivity index (χ2v) is 9.63. The molecule has 2 heterocycles. The summed E-state index contributed by atoms with van der Waals surface area (Å²) in [6.07, 6.45) is 0.747. The quantitative estimate of drug-likeness (QED) is 0.486. The number of pyridine rings is 1. The zero-order valence-corrected chi connectivity index (χ0v) is 18.6. The van der Waals surface area contributed by atoms with Gasteiger partial charge in [-0.05, 0) is 42.0 Å². The largest absolute Gasteiger partial charge is 0.516 e. The molecule has 0 saturated carbocycles. The minimum atomic E-state index is -5.71. The zero-order valence-electron chi connectivity index (χ0n) is 17.8. The summed E-state index contributed by atoms with van der Waals surface area (Å²) in [5.41, 5.74) is -4.65. The highest BCUT2D eigenvalue weighted by molar-refractivity contribution is 7.93. The number of hydrogen-bond acceptors (Lipinski definition) is 5. The monoisotopic (exact) mass is 496 g/mol. The van der Waals surface area contributed by atoms with Gasteiger partial charge in [-0.1, -0.05) is 25.1 Å². The number of anilines is 1. The molecule has 2 N–H and O–H groups in total. The number of halogens is 4. The average molecular weight is 496 g/mol. The molecule has 1 aromatic heterocycles. The number of aliphatic hydroxyl groups excluding tert-OH is 1. The van der Waals surface area contributed by atoms with Gasteiger partial charge in [0.2, 0.25) is 0 Å². The van der Waals surface area contributed by atoms with E-state index in [-0.39, 0.29) is 35.3 Å². The van der Waals surface area contributed by atoms with E-state index in [1.165, 1.54) is 22.9 Å². The van der Waals surface area contributed by atoms with Crippen LogP contribution in [0.4, 0.5) is 23.2 Å². The molecule has 0 amide bonds. The van der Waals surface area contributed by atoms with Crippen LogP contribution >= 0.6 is 0 Å². The number of aliphatic hydroxyl groups is 1. The predicted octanol–water partition coefficient (Wildman–Crippen LogP) is 4.99. The van der Waals surface area contributed by atoms with Gasteiger partial charge in [-0.3, -0.25) is 9.71 Å². The van der Waals surface area contributed by atoms with Gasteiger partial charge in [0, 0.05) is 34.9 Å². The van der Waals surface area contributed by atoms with E-state index < -0.39 is 33.1 Å². The summed E-state index contributed by atoms with van der Waals surface area (Å²) < 4.78 is 83.0. The van der Waals surface area contributed by atoms with Crippen molar-refractivity contribution in [3.8, 4) is 16.9 Å². The van der Waals surface area contributed by atoms with Gasteiger partial charge in [-0.2, -0.15) is 21.6 Å². The van der Waals surface area contributed by atoms with Crippen LogP contribution in [0.1, 0.15) is 30.2 Å². The van der Waals surface area contributed by atoms with Crippen LogP contribution in [-0.4, -0.2) is 30.6 Å². The van der Waals surface area contributed by atoms with E-state index in [1.54, 1.807) is 12.3 Å². The van der Waals surface area contributed by atoms with Gasteiger partial charge in [0.25, 0.3) is 0 Å². The molecule has 2 aromatic carbocycles. The summed E-state index contributed by atoms with van der Waals surface area (Å²) in [6, 6.07) is 12.6. The van der Waals surface area contributed by atoms with Crippen molar-refractivity contribution in [1.82, 2.24) is 4.98 Å². The molecule has 1 aliphatic rings. The van der Waals surface area contributed by atoms with Gasteiger partial charge in [0.1, 0.15) is 11.6 Å². The third-order valence-electron chi connectivity index (χ3n) is 5.81. The SMILES string of the molecule is CC(c1ccccn1)C1COc2cc(-c3cc(F)ccc3NS(=O)(=O)C(F)(F)F)ccc2[C@H]1O. The van der Waals surface area contributed by atoms with Crippen molar-refractivity contribution in [3.05, 3.63) is 77.9 Å². The molecule has 0 radical (unpaired) electrons. The highest BCUT2D eigenvalue weighted by Gasteiger charge is 2.46. The summed E-state index contributed by atoms with van der Waals surface area (Å²) in [4.78, 5) is 4.32. The Hall–Kier alpha value is -3.18. The minimum Gasteiger partial charge on any atom is -0.493 e.